The molecule has 15 heteroatoms. The number of likely N-dealkylation sites (tertiary alicyclic amines) is 2. The van der Waals surface area contributed by atoms with E-state index in [-0.39, 0.29) is 48.5 Å². The van der Waals surface area contributed by atoms with Crippen LogP contribution in [0.2, 0.25) is 10.0 Å². The number of hydrogen-bond acceptors (Lipinski definition) is 9. The largest absolute Gasteiger partial charge is 0.346 e. The summed E-state index contributed by atoms with van der Waals surface area (Å²) in [6.45, 7) is 13.5. The molecule has 4 atom stereocenters. The Morgan fingerprint density at radius 3 is 1.89 bits per heavy atom. The summed E-state index contributed by atoms with van der Waals surface area (Å²) in [6, 6.07) is 31.6. The zero-order chi connectivity index (χ0) is 44.2. The van der Waals surface area contributed by atoms with Crippen molar-refractivity contribution in [2.24, 2.45) is 11.8 Å². The molecule has 5 heterocycles. The summed E-state index contributed by atoms with van der Waals surface area (Å²) in [5, 5.41) is 17.1. The Morgan fingerprint density at radius 2 is 1.28 bits per heavy atom. The number of fused-ring (bicyclic) bond motifs is 1. The summed E-state index contributed by atoms with van der Waals surface area (Å²) in [5.74, 6) is 2.61. The number of aromatic amines is 2. The maximum absolute atomic E-state index is 12.8. The molecule has 9 rings (SSSR count). The summed E-state index contributed by atoms with van der Waals surface area (Å²) in [4.78, 5) is 53.1. The number of nitrogens with zero attached hydrogens (tertiary/aromatic N) is 7. The lowest BCUT2D eigenvalue weighted by molar-refractivity contribution is 0.0949. The summed E-state index contributed by atoms with van der Waals surface area (Å²) in [7, 11) is 0. The Kier molecular flexibility index (Phi) is 14.6. The molecule has 2 aliphatic heterocycles. The Balaban J connectivity index is 0.000000189. The van der Waals surface area contributed by atoms with Crippen LogP contribution in [0.15, 0.2) is 113 Å². The molecule has 332 valence electrons. The quantitative estimate of drug-likeness (QED) is 0.123. The third-order valence-corrected chi connectivity index (χ3v) is 12.5. The number of carbonyl (C=O) groups excluding carboxylic acids is 1. The number of carbonyl (C=O) groups is 1. The minimum Gasteiger partial charge on any atom is -0.346 e. The van der Waals surface area contributed by atoms with E-state index in [1.807, 2.05) is 56.3 Å². The van der Waals surface area contributed by atoms with Crippen molar-refractivity contribution in [2.45, 2.75) is 66.6 Å². The van der Waals surface area contributed by atoms with E-state index in [4.69, 9.17) is 28.3 Å². The minimum atomic E-state index is -0.327. The zero-order valence-corrected chi connectivity index (χ0v) is 37.2. The maximum atomic E-state index is 12.8. The zero-order valence-electron chi connectivity index (χ0n) is 35.7. The van der Waals surface area contributed by atoms with Gasteiger partial charge in [0.2, 0.25) is 0 Å². The first-order valence-corrected chi connectivity index (χ1v) is 21.9. The van der Waals surface area contributed by atoms with Gasteiger partial charge in [-0.05, 0) is 72.2 Å². The summed E-state index contributed by atoms with van der Waals surface area (Å²) in [6.07, 6.45) is 1.57. The molecule has 3 N–H and O–H groups in total. The summed E-state index contributed by atoms with van der Waals surface area (Å²) in [5.41, 5.74) is 5.85. The first kappa shape index (κ1) is 46.0. The molecule has 4 aromatic carbocycles. The van der Waals surface area contributed by atoms with Crippen molar-refractivity contribution in [2.75, 3.05) is 26.2 Å². The van der Waals surface area contributed by atoms with Crippen LogP contribution in [0.5, 0.6) is 0 Å². The molecular weight excluding hydrogens is 848 g/mol. The first-order chi connectivity index (χ1) is 30.4. The average molecular weight is 902 g/mol. The van der Waals surface area contributed by atoms with Crippen LogP contribution in [0.4, 0.5) is 0 Å². The van der Waals surface area contributed by atoms with Crippen LogP contribution in [-0.4, -0.2) is 76.6 Å². The number of imidazole rings is 1. The molecule has 13 nitrogen and oxygen atoms in total. The van der Waals surface area contributed by atoms with Crippen LogP contribution in [-0.2, 0) is 19.6 Å². The first-order valence-electron chi connectivity index (χ1n) is 21.2. The summed E-state index contributed by atoms with van der Waals surface area (Å²) < 4.78 is 1.67. The predicted molar refractivity (Wildman–Crippen MR) is 253 cm³/mol. The third kappa shape index (κ3) is 10.5. The average Bonchev–Trinajstić information content (AvgIpc) is 3.98. The number of rotatable bonds is 10. The van der Waals surface area contributed by atoms with Crippen LogP contribution in [0, 0.1) is 25.7 Å². The van der Waals surface area contributed by atoms with Gasteiger partial charge in [0.15, 0.2) is 11.3 Å². The molecule has 0 radical (unpaired) electrons. The van der Waals surface area contributed by atoms with E-state index >= 15 is 0 Å². The molecule has 1 amide bonds. The van der Waals surface area contributed by atoms with Gasteiger partial charge in [-0.3, -0.25) is 24.2 Å². The number of amides is 1. The van der Waals surface area contributed by atoms with Crippen LogP contribution >= 0.6 is 23.2 Å². The van der Waals surface area contributed by atoms with Gasteiger partial charge in [-0.2, -0.15) is 5.10 Å². The fraction of sp³-hybridized carbons (Fsp3) is 0.327. The van der Waals surface area contributed by atoms with E-state index in [2.05, 4.69) is 90.5 Å². The molecule has 7 aromatic rings. The Labute approximate surface area is 382 Å². The maximum Gasteiger partial charge on any atom is 0.276 e. The van der Waals surface area contributed by atoms with Crippen molar-refractivity contribution < 1.29 is 4.79 Å². The highest BCUT2D eigenvalue weighted by Gasteiger charge is 2.34. The smallest absolute Gasteiger partial charge is 0.276 e. The highest BCUT2D eigenvalue weighted by atomic mass is 35.5. The predicted octanol–water partition coefficient (Wildman–Crippen LogP) is 8.21. The lowest BCUT2D eigenvalue weighted by Crippen LogP contribution is -2.30. The van der Waals surface area contributed by atoms with Gasteiger partial charge in [0, 0.05) is 72.3 Å². The van der Waals surface area contributed by atoms with Gasteiger partial charge in [-0.1, -0.05) is 117 Å². The Bertz CT molecular complexity index is 2850. The molecule has 3 aromatic heterocycles. The monoisotopic (exact) mass is 900 g/mol. The van der Waals surface area contributed by atoms with E-state index in [0.29, 0.717) is 50.4 Å². The van der Waals surface area contributed by atoms with E-state index in [9.17, 15) is 14.4 Å². The van der Waals surface area contributed by atoms with Crippen molar-refractivity contribution >= 4 is 34.6 Å². The Morgan fingerprint density at radius 1 is 0.719 bits per heavy atom. The van der Waals surface area contributed by atoms with E-state index < -0.39 is 0 Å². The molecule has 2 saturated heterocycles. The molecule has 64 heavy (non-hydrogen) atoms. The number of halogens is 2. The van der Waals surface area contributed by atoms with Gasteiger partial charge < -0.3 is 15.3 Å². The lowest BCUT2D eigenvalue weighted by Gasteiger charge is -2.16. The molecular formula is C49H54Cl2N10O3. The minimum absolute atomic E-state index is 0. The van der Waals surface area contributed by atoms with Crippen molar-refractivity contribution in [3.8, 4) is 11.4 Å². The molecule has 2 aliphatic rings. The van der Waals surface area contributed by atoms with Crippen LogP contribution < -0.4 is 16.4 Å². The Hall–Kier alpha value is -5.99. The van der Waals surface area contributed by atoms with Crippen LogP contribution in [0.25, 0.3) is 16.9 Å². The molecule has 0 bridgehead atoms. The standard InChI is InChI=1S/C24H26ClN5O2.C24H24ClN5O.CH4/c1-15-8-9-18(25)10-19(15)23(31)26-11-21-24(32)27-22(29-28-21)20-14-30(12-16(20)2)13-17-6-4-3-5-7-17;1-15-8-9-18(25)10-19(15)23-26-11-21-24(31)27-22(28-30(21)23)20-14-29(12-16(20)2)13-17-6-4-3-5-7-17;/h3-10,16,20H,11-14H2,1-2H3,(H,26,31)(H,27,29,32);3-11,16,20H,12-14H2,1-2H3,(H,27,28,31);1H4. The molecule has 2 fully saturated rings. The van der Waals surface area contributed by atoms with Gasteiger partial charge in [0.05, 0.1) is 12.7 Å². The second-order valence-corrected chi connectivity index (χ2v) is 17.7. The molecule has 0 saturated carbocycles. The highest BCUT2D eigenvalue weighted by molar-refractivity contribution is 6.31. The van der Waals surface area contributed by atoms with E-state index in [1.165, 1.54) is 11.1 Å². The third-order valence-electron chi connectivity index (χ3n) is 12.1. The van der Waals surface area contributed by atoms with Gasteiger partial charge >= 0.3 is 0 Å². The van der Waals surface area contributed by atoms with E-state index in [1.54, 1.807) is 28.9 Å². The van der Waals surface area contributed by atoms with Crippen LogP contribution in [0.1, 0.15) is 83.1 Å². The van der Waals surface area contributed by atoms with Crippen molar-refractivity contribution in [1.82, 2.24) is 49.9 Å². The van der Waals surface area contributed by atoms with Crippen molar-refractivity contribution in [3.63, 3.8) is 0 Å². The number of benzene rings is 4. The highest BCUT2D eigenvalue weighted by Crippen LogP contribution is 2.33. The number of nitrogens with one attached hydrogen (secondary N) is 3. The van der Waals surface area contributed by atoms with Crippen molar-refractivity contribution in [1.29, 1.82) is 0 Å². The number of aromatic nitrogens is 7. The second-order valence-electron chi connectivity index (χ2n) is 16.8. The molecule has 0 aliphatic carbocycles. The van der Waals surface area contributed by atoms with Gasteiger partial charge in [-0.25, -0.2) is 9.50 Å². The molecule has 0 spiro atoms. The van der Waals surface area contributed by atoms with Crippen LogP contribution in [0.3, 0.4) is 0 Å². The number of H-pyrrole nitrogens is 2. The number of hydrogen-bond donors (Lipinski definition) is 3. The summed E-state index contributed by atoms with van der Waals surface area (Å²) >= 11 is 12.2. The fourth-order valence-corrected chi connectivity index (χ4v) is 8.99. The van der Waals surface area contributed by atoms with E-state index in [0.717, 1.165) is 56.0 Å². The normalized spacial score (nSPS) is 18.7. The van der Waals surface area contributed by atoms with Gasteiger partial charge in [-0.15, -0.1) is 10.2 Å². The lowest BCUT2D eigenvalue weighted by atomic mass is 9.97. The van der Waals surface area contributed by atoms with Gasteiger partial charge in [0.25, 0.3) is 17.0 Å². The molecule has 4 unspecified atom stereocenters. The SMILES string of the molecule is C.Cc1ccc(Cl)cc1-c1ncc2c(=O)[nH]c(C3CN(Cc4ccccc4)CC3C)nn12.Cc1ccc(Cl)cc1C(=O)NCc1nnc(C2CN(Cc3ccccc3)CC2C)[nH]c1=O. The fourth-order valence-electron chi connectivity index (χ4n) is 8.64. The number of aryl methyl sites for hydroxylation is 2. The van der Waals surface area contributed by atoms with Gasteiger partial charge in [0.1, 0.15) is 17.3 Å². The topological polar surface area (TPSA) is 157 Å². The van der Waals surface area contributed by atoms with Crippen molar-refractivity contribution in [3.05, 3.63) is 179 Å². The second kappa shape index (κ2) is 20.2.